The lowest BCUT2D eigenvalue weighted by Gasteiger charge is -2.41. The van der Waals surface area contributed by atoms with Gasteiger partial charge in [-0.15, -0.1) is 0 Å². The molecule has 0 radical (unpaired) electrons. The molecule has 1 atom stereocenters. The van der Waals surface area contributed by atoms with Gasteiger partial charge in [0.15, 0.2) is 0 Å². The van der Waals surface area contributed by atoms with Crippen molar-refractivity contribution in [1.29, 1.82) is 0 Å². The molecule has 0 spiro atoms. The van der Waals surface area contributed by atoms with Crippen LogP contribution in [0.25, 0.3) is 0 Å². The number of amides is 1. The van der Waals surface area contributed by atoms with Crippen molar-refractivity contribution < 1.29 is 4.79 Å². The molecular formula is C22H29N3O. The third-order valence-corrected chi connectivity index (χ3v) is 5.29. The van der Waals surface area contributed by atoms with Crippen molar-refractivity contribution in [2.45, 2.75) is 19.0 Å². The molecule has 0 N–H and O–H groups in total. The first-order valence-electron chi connectivity index (χ1n) is 9.37. The Morgan fingerprint density at radius 2 is 1.23 bits per heavy atom. The summed E-state index contributed by atoms with van der Waals surface area (Å²) in [5, 5.41) is 0. The van der Waals surface area contributed by atoms with E-state index in [-0.39, 0.29) is 18.0 Å². The van der Waals surface area contributed by atoms with E-state index in [0.717, 1.165) is 26.2 Å². The summed E-state index contributed by atoms with van der Waals surface area (Å²) in [6.45, 7) is 5.76. The van der Waals surface area contributed by atoms with Crippen molar-refractivity contribution in [1.82, 2.24) is 14.7 Å². The number of carbonyl (C=O) groups excluding carboxylic acids is 1. The number of piperazine rings is 1. The van der Waals surface area contributed by atoms with E-state index in [9.17, 15) is 4.79 Å². The van der Waals surface area contributed by atoms with Crippen LogP contribution in [0.1, 0.15) is 24.1 Å². The maximum absolute atomic E-state index is 12.3. The van der Waals surface area contributed by atoms with Crippen molar-refractivity contribution >= 4 is 5.91 Å². The van der Waals surface area contributed by atoms with Gasteiger partial charge in [-0.05, 0) is 18.1 Å². The lowest BCUT2D eigenvalue weighted by Crippen LogP contribution is -2.54. The topological polar surface area (TPSA) is 26.8 Å². The molecule has 1 aliphatic rings. The first-order chi connectivity index (χ1) is 12.6. The van der Waals surface area contributed by atoms with Crippen LogP contribution in [-0.4, -0.2) is 66.9 Å². The average molecular weight is 351 g/mol. The molecule has 0 saturated carbocycles. The molecule has 0 unspecified atom stereocenters. The van der Waals surface area contributed by atoms with E-state index < -0.39 is 0 Å². The van der Waals surface area contributed by atoms with Crippen LogP contribution < -0.4 is 0 Å². The number of hydrogen-bond acceptors (Lipinski definition) is 3. The van der Waals surface area contributed by atoms with E-state index in [1.165, 1.54) is 11.1 Å². The summed E-state index contributed by atoms with van der Waals surface area (Å²) in [6.07, 6.45) is 0. The Morgan fingerprint density at radius 1 is 0.808 bits per heavy atom. The van der Waals surface area contributed by atoms with Crippen LogP contribution >= 0.6 is 0 Å². The largest absolute Gasteiger partial charge is 0.347 e. The first-order valence-corrected chi connectivity index (χ1v) is 9.37. The monoisotopic (exact) mass is 351 g/mol. The molecule has 1 saturated heterocycles. The van der Waals surface area contributed by atoms with Gasteiger partial charge >= 0.3 is 0 Å². The smallest absolute Gasteiger partial charge is 0.239 e. The van der Waals surface area contributed by atoms with Crippen molar-refractivity contribution in [3.8, 4) is 0 Å². The van der Waals surface area contributed by atoms with Gasteiger partial charge in [0.25, 0.3) is 0 Å². The summed E-state index contributed by atoms with van der Waals surface area (Å²) in [5.41, 5.74) is 2.65. The quantitative estimate of drug-likeness (QED) is 0.829. The number of nitrogens with zero attached hydrogens (tertiary/aromatic N) is 3. The van der Waals surface area contributed by atoms with E-state index in [0.29, 0.717) is 0 Å². The van der Waals surface area contributed by atoms with Gasteiger partial charge in [0, 0.05) is 40.3 Å². The Morgan fingerprint density at radius 3 is 1.65 bits per heavy atom. The highest BCUT2D eigenvalue weighted by molar-refractivity contribution is 5.80. The summed E-state index contributed by atoms with van der Waals surface area (Å²) in [6, 6.07) is 21.6. The van der Waals surface area contributed by atoms with Gasteiger partial charge in [0.05, 0.1) is 12.1 Å². The summed E-state index contributed by atoms with van der Waals surface area (Å²) >= 11 is 0. The maximum Gasteiger partial charge on any atom is 0.239 e. The van der Waals surface area contributed by atoms with Gasteiger partial charge in [-0.2, -0.15) is 0 Å². The Balaban J connectivity index is 1.75. The van der Waals surface area contributed by atoms with Gasteiger partial charge < -0.3 is 4.90 Å². The lowest BCUT2D eigenvalue weighted by molar-refractivity contribution is -0.134. The second kappa shape index (κ2) is 8.47. The summed E-state index contributed by atoms with van der Waals surface area (Å²) < 4.78 is 0. The zero-order valence-electron chi connectivity index (χ0n) is 16.0. The van der Waals surface area contributed by atoms with Crippen molar-refractivity contribution in [2.75, 3.05) is 40.3 Å². The van der Waals surface area contributed by atoms with Gasteiger partial charge in [0.1, 0.15) is 0 Å². The zero-order chi connectivity index (χ0) is 18.5. The van der Waals surface area contributed by atoms with Gasteiger partial charge in [-0.25, -0.2) is 0 Å². The molecular weight excluding hydrogens is 322 g/mol. The number of rotatable bonds is 5. The Hall–Kier alpha value is -2.17. The van der Waals surface area contributed by atoms with Crippen LogP contribution in [0.15, 0.2) is 60.7 Å². The van der Waals surface area contributed by atoms with Crippen LogP contribution in [0.2, 0.25) is 0 Å². The highest BCUT2D eigenvalue weighted by Crippen LogP contribution is 2.29. The molecule has 138 valence electrons. The summed E-state index contributed by atoms with van der Waals surface area (Å²) in [4.78, 5) is 18.8. The Labute approximate surface area is 157 Å². The molecule has 4 nitrogen and oxygen atoms in total. The van der Waals surface area contributed by atoms with E-state index in [1.807, 2.05) is 21.0 Å². The van der Waals surface area contributed by atoms with Crippen LogP contribution in [0.3, 0.4) is 0 Å². The second-order valence-corrected chi connectivity index (χ2v) is 7.20. The molecule has 1 fully saturated rings. The van der Waals surface area contributed by atoms with Gasteiger partial charge in [-0.1, -0.05) is 60.7 Å². The molecule has 1 heterocycles. The molecule has 0 bridgehead atoms. The van der Waals surface area contributed by atoms with Crippen molar-refractivity contribution in [2.24, 2.45) is 0 Å². The van der Waals surface area contributed by atoms with Gasteiger partial charge in [-0.3, -0.25) is 14.6 Å². The normalized spacial score (nSPS) is 17.2. The minimum absolute atomic E-state index is 0.0564. The van der Waals surface area contributed by atoms with E-state index in [2.05, 4.69) is 70.5 Å². The number of benzene rings is 2. The predicted octanol–water partition coefficient (Wildman–Crippen LogP) is 2.87. The van der Waals surface area contributed by atoms with E-state index in [1.54, 1.807) is 4.90 Å². The maximum atomic E-state index is 12.3. The molecule has 4 heteroatoms. The second-order valence-electron chi connectivity index (χ2n) is 7.20. The van der Waals surface area contributed by atoms with Crippen LogP contribution in [0.4, 0.5) is 0 Å². The third-order valence-electron chi connectivity index (χ3n) is 5.29. The third kappa shape index (κ3) is 4.14. The predicted molar refractivity (Wildman–Crippen MR) is 106 cm³/mol. The molecule has 1 aliphatic heterocycles. The fourth-order valence-electron chi connectivity index (χ4n) is 3.80. The van der Waals surface area contributed by atoms with E-state index in [4.69, 9.17) is 0 Å². The fourth-order valence-corrected chi connectivity index (χ4v) is 3.80. The highest BCUT2D eigenvalue weighted by Gasteiger charge is 2.30. The molecule has 26 heavy (non-hydrogen) atoms. The molecule has 1 amide bonds. The number of likely N-dealkylation sites (N-methyl/N-ethyl adjacent to an activating group) is 1. The summed E-state index contributed by atoms with van der Waals surface area (Å²) in [5.74, 6) is 0.182. The summed E-state index contributed by atoms with van der Waals surface area (Å²) in [7, 11) is 3.66. The molecule has 0 aliphatic carbocycles. The average Bonchev–Trinajstić information content (AvgIpc) is 2.69. The van der Waals surface area contributed by atoms with E-state index >= 15 is 0 Å². The van der Waals surface area contributed by atoms with Crippen LogP contribution in [0, 0.1) is 0 Å². The minimum atomic E-state index is -0.0564. The minimum Gasteiger partial charge on any atom is -0.347 e. The standard InChI is InChI=1S/C22H29N3O/c1-18(22(26)23(2)3)24-14-16-25(17-15-24)21(19-10-6-4-7-11-19)20-12-8-5-9-13-20/h4-13,18,21H,14-17H2,1-3H3/t18-/m0/s1. The molecule has 3 rings (SSSR count). The molecule has 2 aromatic rings. The van der Waals surface area contributed by atoms with Crippen molar-refractivity contribution in [3.63, 3.8) is 0 Å². The SMILES string of the molecule is C[C@@H](C(=O)N(C)C)N1CCN(C(c2ccccc2)c2ccccc2)CC1. The fraction of sp³-hybridized carbons (Fsp3) is 0.409. The molecule has 0 aromatic heterocycles. The zero-order valence-corrected chi connectivity index (χ0v) is 16.0. The highest BCUT2D eigenvalue weighted by atomic mass is 16.2. The van der Waals surface area contributed by atoms with Gasteiger partial charge in [0.2, 0.25) is 5.91 Å². The van der Waals surface area contributed by atoms with Crippen LogP contribution in [-0.2, 0) is 4.79 Å². The first kappa shape index (κ1) is 18.6. The van der Waals surface area contributed by atoms with Crippen LogP contribution in [0.5, 0.6) is 0 Å². The van der Waals surface area contributed by atoms with Crippen molar-refractivity contribution in [3.05, 3.63) is 71.8 Å². The number of hydrogen-bond donors (Lipinski definition) is 0. The molecule has 2 aromatic carbocycles. The Bertz CT molecular complexity index is 654. The Kier molecular flexibility index (Phi) is 6.07. The lowest BCUT2D eigenvalue weighted by atomic mass is 9.96. The number of carbonyl (C=O) groups is 1.